The van der Waals surface area contributed by atoms with Crippen LogP contribution in [-0.2, 0) is 36.8 Å². The normalized spacial score (nSPS) is 19.9. The Balaban J connectivity index is 0.625. The van der Waals surface area contributed by atoms with Gasteiger partial charge in [-0.15, -0.1) is 0 Å². The number of amides is 3. The van der Waals surface area contributed by atoms with Crippen molar-refractivity contribution in [3.05, 3.63) is 118 Å². The van der Waals surface area contributed by atoms with Crippen LogP contribution in [0.3, 0.4) is 0 Å². The molecule has 3 aromatic carbocycles. The van der Waals surface area contributed by atoms with Gasteiger partial charge in [0.2, 0.25) is 11.8 Å². The molecular weight excluding hydrogens is 843 g/mol. The number of imide groups is 1. The second-order valence-corrected chi connectivity index (χ2v) is 19.4. The van der Waals surface area contributed by atoms with Gasteiger partial charge in [-0.05, 0) is 128 Å². The standard InChI is InChI=1S/C52H59N11O4/c1-57-41(29-43-42(13-18-53-49(43)57)39-8-9-44-40(28-39)30-54-56-44)33-59-19-16-37(17-20-59)36-4-6-38(7-5-36)51(66)62-21-14-34(15-22-62)31-60-23-25-61(26-24-60)32-35-3-10-45-47(27-35)58(2)52(67)63(45)46-11-12-48(64)55-50(46)65/h3-10,13,18,27-30,34,37,46H,11-12,14-17,19-26,31-33H2,1-2H3,(H,54,56)(H,55,64,65). The minimum absolute atomic E-state index is 0.147. The maximum absolute atomic E-state index is 13.7. The summed E-state index contributed by atoms with van der Waals surface area (Å²) in [4.78, 5) is 65.7. The quantitative estimate of drug-likeness (QED) is 0.163. The summed E-state index contributed by atoms with van der Waals surface area (Å²) >= 11 is 0. The fourth-order valence-corrected chi connectivity index (χ4v) is 11.3. The number of pyridine rings is 1. The van der Waals surface area contributed by atoms with Gasteiger partial charge in [0, 0.05) is 108 Å². The summed E-state index contributed by atoms with van der Waals surface area (Å²) in [5.41, 5.74) is 10.2. The molecule has 11 rings (SSSR count). The highest BCUT2D eigenvalue weighted by molar-refractivity contribution is 6.00. The molecule has 67 heavy (non-hydrogen) atoms. The number of rotatable bonds is 10. The predicted octanol–water partition coefficient (Wildman–Crippen LogP) is 5.80. The number of piperazine rings is 1. The van der Waals surface area contributed by atoms with Crippen molar-refractivity contribution in [3.63, 3.8) is 0 Å². The van der Waals surface area contributed by atoms with Crippen LogP contribution in [-0.4, -0.2) is 125 Å². The number of hydrogen-bond acceptors (Lipinski definition) is 9. The number of likely N-dealkylation sites (tertiary alicyclic amines) is 2. The molecule has 8 heterocycles. The number of H-pyrrole nitrogens is 1. The van der Waals surface area contributed by atoms with Crippen LogP contribution in [0.4, 0.5) is 0 Å². The Hall–Kier alpha value is -6.42. The average Bonchev–Trinajstić information content (AvgIpc) is 4.03. The van der Waals surface area contributed by atoms with Gasteiger partial charge in [-0.25, -0.2) is 9.78 Å². The summed E-state index contributed by atoms with van der Waals surface area (Å²) in [5.74, 6) is 0.511. The largest absolute Gasteiger partial charge is 0.339 e. The molecule has 2 N–H and O–H groups in total. The first kappa shape index (κ1) is 43.2. The smallest absolute Gasteiger partial charge is 0.329 e. The fraction of sp³-hybridized carbons (Fsp3) is 0.423. The first-order valence-corrected chi connectivity index (χ1v) is 24.1. The first-order valence-electron chi connectivity index (χ1n) is 24.1. The molecule has 4 fully saturated rings. The Morgan fingerprint density at radius 2 is 1.49 bits per heavy atom. The Labute approximate surface area is 389 Å². The Kier molecular flexibility index (Phi) is 11.6. The zero-order valence-electron chi connectivity index (χ0n) is 38.5. The van der Waals surface area contributed by atoms with Gasteiger partial charge in [-0.3, -0.25) is 43.7 Å². The topological polar surface area (TPSA) is 150 Å². The molecule has 0 radical (unpaired) electrons. The summed E-state index contributed by atoms with van der Waals surface area (Å²) < 4.78 is 5.39. The molecule has 1 unspecified atom stereocenters. The Morgan fingerprint density at radius 3 is 2.27 bits per heavy atom. The third kappa shape index (κ3) is 8.48. The lowest BCUT2D eigenvalue weighted by Crippen LogP contribution is -2.48. The molecule has 15 heteroatoms. The molecule has 4 aromatic heterocycles. The van der Waals surface area contributed by atoms with E-state index in [9.17, 15) is 19.2 Å². The molecular formula is C52H59N11O4. The minimum atomic E-state index is -0.682. The summed E-state index contributed by atoms with van der Waals surface area (Å²) in [6.45, 7) is 10.4. The Morgan fingerprint density at radius 1 is 0.731 bits per heavy atom. The van der Waals surface area contributed by atoms with E-state index in [0.717, 1.165) is 131 Å². The summed E-state index contributed by atoms with van der Waals surface area (Å²) in [5, 5.41) is 11.9. The highest BCUT2D eigenvalue weighted by Crippen LogP contribution is 2.34. The van der Waals surface area contributed by atoms with E-state index in [1.807, 2.05) is 18.5 Å². The number of benzene rings is 3. The first-order chi connectivity index (χ1) is 32.6. The molecule has 4 saturated heterocycles. The number of carbonyl (C=O) groups excluding carboxylic acids is 3. The van der Waals surface area contributed by atoms with Crippen LogP contribution in [0.15, 0.2) is 90.0 Å². The third-order valence-corrected chi connectivity index (χ3v) is 15.3. The molecule has 15 nitrogen and oxygen atoms in total. The van der Waals surface area contributed by atoms with Gasteiger partial charge < -0.3 is 14.4 Å². The summed E-state index contributed by atoms with van der Waals surface area (Å²) in [6.07, 6.45) is 8.58. The van der Waals surface area contributed by atoms with E-state index in [0.29, 0.717) is 23.8 Å². The van der Waals surface area contributed by atoms with E-state index < -0.39 is 11.9 Å². The van der Waals surface area contributed by atoms with Crippen LogP contribution in [0.2, 0.25) is 0 Å². The SMILES string of the molecule is Cn1c(CN2CCC(c3ccc(C(=O)N4CCC(CN5CCN(Cc6ccc7c(c6)n(C)c(=O)n7C6CCC(=O)NC6=O)CC5)CC4)cc3)CC2)cc2c(-c3ccc4[nH]ncc4c3)ccnc21. The van der Waals surface area contributed by atoms with Gasteiger partial charge >= 0.3 is 5.69 Å². The van der Waals surface area contributed by atoms with Gasteiger partial charge in [0.05, 0.1) is 22.7 Å². The van der Waals surface area contributed by atoms with Crippen molar-refractivity contribution in [2.45, 2.75) is 63.6 Å². The lowest BCUT2D eigenvalue weighted by molar-refractivity contribution is -0.135. The van der Waals surface area contributed by atoms with Gasteiger partial charge in [0.25, 0.3) is 5.91 Å². The van der Waals surface area contributed by atoms with Crippen LogP contribution >= 0.6 is 0 Å². The second kappa shape index (κ2) is 18.0. The van der Waals surface area contributed by atoms with E-state index in [-0.39, 0.29) is 23.9 Å². The molecule has 0 saturated carbocycles. The third-order valence-electron chi connectivity index (χ3n) is 15.3. The van der Waals surface area contributed by atoms with E-state index in [1.54, 1.807) is 11.6 Å². The van der Waals surface area contributed by atoms with E-state index in [1.165, 1.54) is 32.3 Å². The van der Waals surface area contributed by atoms with Crippen LogP contribution in [0.5, 0.6) is 0 Å². The number of nitrogens with one attached hydrogen (secondary N) is 2. The number of carbonyl (C=O) groups is 3. The monoisotopic (exact) mass is 901 g/mol. The summed E-state index contributed by atoms with van der Waals surface area (Å²) in [7, 11) is 3.87. The van der Waals surface area contributed by atoms with Crippen molar-refractivity contribution >= 4 is 50.7 Å². The number of nitrogens with zero attached hydrogens (tertiary/aromatic N) is 9. The van der Waals surface area contributed by atoms with Gasteiger partial charge in [-0.1, -0.05) is 24.3 Å². The van der Waals surface area contributed by atoms with E-state index in [2.05, 4.69) is 113 Å². The lowest BCUT2D eigenvalue weighted by Gasteiger charge is -2.39. The highest BCUT2D eigenvalue weighted by atomic mass is 16.2. The number of aromatic amines is 1. The predicted molar refractivity (Wildman–Crippen MR) is 258 cm³/mol. The lowest BCUT2D eigenvalue weighted by atomic mass is 9.88. The average molecular weight is 902 g/mol. The maximum Gasteiger partial charge on any atom is 0.329 e. The van der Waals surface area contributed by atoms with E-state index >= 15 is 0 Å². The number of piperidine rings is 3. The van der Waals surface area contributed by atoms with Crippen molar-refractivity contribution in [1.82, 2.24) is 53.8 Å². The molecule has 1 atom stereocenters. The van der Waals surface area contributed by atoms with Crippen molar-refractivity contribution in [2.75, 3.05) is 58.9 Å². The second-order valence-electron chi connectivity index (χ2n) is 19.4. The molecule has 4 aliphatic heterocycles. The molecule has 4 aliphatic rings. The molecule has 0 aliphatic carbocycles. The minimum Gasteiger partial charge on any atom is -0.339 e. The molecule has 0 spiro atoms. The van der Waals surface area contributed by atoms with Crippen LogP contribution in [0, 0.1) is 5.92 Å². The molecule has 7 aromatic rings. The zero-order chi connectivity index (χ0) is 45.8. The zero-order valence-corrected chi connectivity index (χ0v) is 38.5. The number of imidazole rings is 1. The maximum atomic E-state index is 13.7. The fourth-order valence-electron chi connectivity index (χ4n) is 11.3. The van der Waals surface area contributed by atoms with Crippen molar-refractivity contribution < 1.29 is 14.4 Å². The van der Waals surface area contributed by atoms with Crippen molar-refractivity contribution in [2.24, 2.45) is 20.0 Å². The van der Waals surface area contributed by atoms with Gasteiger partial charge in [0.15, 0.2) is 0 Å². The molecule has 3 amide bonds. The highest BCUT2D eigenvalue weighted by Gasteiger charge is 2.32. The Bertz CT molecular complexity index is 3050. The van der Waals surface area contributed by atoms with Crippen LogP contribution in [0.1, 0.15) is 77.7 Å². The molecule has 0 bridgehead atoms. The number of fused-ring (bicyclic) bond motifs is 3. The van der Waals surface area contributed by atoms with Crippen molar-refractivity contribution in [3.8, 4) is 11.1 Å². The van der Waals surface area contributed by atoms with Gasteiger partial charge in [0.1, 0.15) is 11.7 Å². The van der Waals surface area contributed by atoms with E-state index in [4.69, 9.17) is 4.98 Å². The summed E-state index contributed by atoms with van der Waals surface area (Å²) in [6, 6.07) is 24.7. The van der Waals surface area contributed by atoms with Crippen molar-refractivity contribution in [1.29, 1.82) is 0 Å². The van der Waals surface area contributed by atoms with Crippen LogP contribution < -0.4 is 11.0 Å². The number of hydrogen-bond donors (Lipinski definition) is 2. The molecule has 346 valence electrons. The number of aryl methyl sites for hydroxylation is 2. The van der Waals surface area contributed by atoms with Crippen LogP contribution in [0.25, 0.3) is 44.1 Å². The number of aromatic nitrogens is 6. The van der Waals surface area contributed by atoms with Gasteiger partial charge in [-0.2, -0.15) is 5.10 Å².